The van der Waals surface area contributed by atoms with E-state index < -0.39 is 0 Å². The normalized spacial score (nSPS) is 10.4. The molecular formula is C15H15ClFN. The van der Waals surface area contributed by atoms with E-state index in [0.717, 1.165) is 5.69 Å². The van der Waals surface area contributed by atoms with E-state index in [2.05, 4.69) is 37.4 Å². The van der Waals surface area contributed by atoms with Crippen molar-refractivity contribution in [2.45, 2.75) is 20.4 Å². The van der Waals surface area contributed by atoms with E-state index in [0.29, 0.717) is 11.6 Å². The van der Waals surface area contributed by atoms with E-state index >= 15 is 0 Å². The van der Waals surface area contributed by atoms with Crippen LogP contribution in [0.15, 0.2) is 36.4 Å². The minimum absolute atomic E-state index is 0.322. The predicted octanol–water partition coefficient (Wildman–Crippen LogP) is 4.71. The summed E-state index contributed by atoms with van der Waals surface area (Å²) in [6.07, 6.45) is 0. The molecule has 0 amide bonds. The molecule has 0 unspecified atom stereocenters. The molecule has 0 aliphatic carbocycles. The number of halogens is 2. The summed E-state index contributed by atoms with van der Waals surface area (Å²) in [5.41, 5.74) is 4.44. The third kappa shape index (κ3) is 3.02. The lowest BCUT2D eigenvalue weighted by molar-refractivity contribution is 0.628. The Hall–Kier alpha value is -1.54. The van der Waals surface area contributed by atoms with Crippen molar-refractivity contribution in [3.05, 3.63) is 63.9 Å². The second kappa shape index (κ2) is 5.40. The van der Waals surface area contributed by atoms with Gasteiger partial charge in [-0.25, -0.2) is 4.39 Å². The molecule has 1 nitrogen and oxygen atoms in total. The number of nitrogens with one attached hydrogen (secondary N) is 1. The van der Waals surface area contributed by atoms with Crippen LogP contribution in [0.1, 0.15) is 16.7 Å². The van der Waals surface area contributed by atoms with Crippen LogP contribution in [0.2, 0.25) is 5.02 Å². The molecule has 0 bridgehead atoms. The first-order chi connectivity index (χ1) is 8.56. The van der Waals surface area contributed by atoms with Gasteiger partial charge in [-0.3, -0.25) is 0 Å². The molecule has 1 N–H and O–H groups in total. The standard InChI is InChI=1S/C15H15ClFN/c1-10-3-4-12(11(2)7-10)9-18-15-6-5-13(17)8-14(15)16/h3-8,18H,9H2,1-2H3. The van der Waals surface area contributed by atoms with Crippen molar-refractivity contribution in [1.82, 2.24) is 0 Å². The van der Waals surface area contributed by atoms with Crippen LogP contribution in [0.3, 0.4) is 0 Å². The van der Waals surface area contributed by atoms with Crippen LogP contribution in [0.25, 0.3) is 0 Å². The van der Waals surface area contributed by atoms with Crippen LogP contribution >= 0.6 is 11.6 Å². The lowest BCUT2D eigenvalue weighted by Crippen LogP contribution is -2.02. The molecule has 0 radical (unpaired) electrons. The highest BCUT2D eigenvalue weighted by Gasteiger charge is 2.03. The van der Waals surface area contributed by atoms with Crippen LogP contribution in [-0.2, 0) is 6.54 Å². The summed E-state index contributed by atoms with van der Waals surface area (Å²) in [6, 6.07) is 10.7. The van der Waals surface area contributed by atoms with Crippen molar-refractivity contribution >= 4 is 17.3 Å². The maximum absolute atomic E-state index is 12.9. The first kappa shape index (κ1) is 12.9. The maximum Gasteiger partial charge on any atom is 0.124 e. The molecule has 0 heterocycles. The second-order valence-corrected chi connectivity index (χ2v) is 4.81. The van der Waals surface area contributed by atoms with Crippen molar-refractivity contribution < 1.29 is 4.39 Å². The average Bonchev–Trinajstić information content (AvgIpc) is 2.30. The lowest BCUT2D eigenvalue weighted by Gasteiger charge is -2.11. The smallest absolute Gasteiger partial charge is 0.124 e. The first-order valence-corrected chi connectivity index (χ1v) is 6.19. The summed E-state index contributed by atoms with van der Waals surface area (Å²) in [5, 5.41) is 3.62. The van der Waals surface area contributed by atoms with Crippen molar-refractivity contribution in [3.63, 3.8) is 0 Å². The van der Waals surface area contributed by atoms with E-state index in [-0.39, 0.29) is 5.82 Å². The number of hydrogen-bond acceptors (Lipinski definition) is 1. The lowest BCUT2D eigenvalue weighted by atomic mass is 10.1. The zero-order valence-corrected chi connectivity index (χ0v) is 11.2. The number of benzene rings is 2. The van der Waals surface area contributed by atoms with E-state index in [1.165, 1.54) is 28.8 Å². The van der Waals surface area contributed by atoms with Gasteiger partial charge in [-0.1, -0.05) is 35.4 Å². The van der Waals surface area contributed by atoms with Gasteiger partial charge in [-0.15, -0.1) is 0 Å². The summed E-state index contributed by atoms with van der Waals surface area (Å²) in [6.45, 7) is 4.83. The molecule has 0 atom stereocenters. The van der Waals surface area contributed by atoms with Crippen molar-refractivity contribution in [2.24, 2.45) is 0 Å². The topological polar surface area (TPSA) is 12.0 Å². The SMILES string of the molecule is Cc1ccc(CNc2ccc(F)cc2Cl)c(C)c1. The highest BCUT2D eigenvalue weighted by atomic mass is 35.5. The molecule has 2 rings (SSSR count). The highest BCUT2D eigenvalue weighted by Crippen LogP contribution is 2.23. The van der Waals surface area contributed by atoms with Gasteiger partial charge in [0.05, 0.1) is 10.7 Å². The molecular weight excluding hydrogens is 249 g/mol. The summed E-state index contributed by atoms with van der Waals surface area (Å²) < 4.78 is 12.9. The molecule has 0 aliphatic heterocycles. The first-order valence-electron chi connectivity index (χ1n) is 5.81. The van der Waals surface area contributed by atoms with Crippen LogP contribution in [0.5, 0.6) is 0 Å². The molecule has 0 aromatic heterocycles. The summed E-state index contributed by atoms with van der Waals surface area (Å²) in [4.78, 5) is 0. The molecule has 0 spiro atoms. The fraction of sp³-hybridized carbons (Fsp3) is 0.200. The summed E-state index contributed by atoms with van der Waals surface area (Å²) >= 11 is 5.96. The maximum atomic E-state index is 12.9. The fourth-order valence-corrected chi connectivity index (χ4v) is 2.10. The summed E-state index contributed by atoms with van der Waals surface area (Å²) in [5.74, 6) is -0.322. The van der Waals surface area contributed by atoms with Crippen LogP contribution in [-0.4, -0.2) is 0 Å². The molecule has 0 fully saturated rings. The largest absolute Gasteiger partial charge is 0.380 e. The van der Waals surface area contributed by atoms with Gasteiger partial charge in [-0.2, -0.15) is 0 Å². The Balaban J connectivity index is 2.11. The van der Waals surface area contributed by atoms with Gasteiger partial charge >= 0.3 is 0 Å². The van der Waals surface area contributed by atoms with Gasteiger partial charge in [-0.05, 0) is 43.2 Å². The quantitative estimate of drug-likeness (QED) is 0.846. The Bertz CT molecular complexity index is 515. The third-order valence-electron chi connectivity index (χ3n) is 2.90. The van der Waals surface area contributed by atoms with Crippen LogP contribution < -0.4 is 5.32 Å². The monoisotopic (exact) mass is 263 g/mol. The van der Waals surface area contributed by atoms with Crippen LogP contribution in [0, 0.1) is 19.7 Å². The average molecular weight is 264 g/mol. The second-order valence-electron chi connectivity index (χ2n) is 4.41. The Kier molecular flexibility index (Phi) is 3.87. The Morgan fingerprint density at radius 1 is 1.11 bits per heavy atom. The minimum Gasteiger partial charge on any atom is -0.380 e. The van der Waals surface area contributed by atoms with Crippen LogP contribution in [0.4, 0.5) is 10.1 Å². The van der Waals surface area contributed by atoms with E-state index in [9.17, 15) is 4.39 Å². The molecule has 0 aliphatic rings. The molecule has 2 aromatic rings. The van der Waals surface area contributed by atoms with Gasteiger partial charge < -0.3 is 5.32 Å². The van der Waals surface area contributed by atoms with Gasteiger partial charge in [0.25, 0.3) is 0 Å². The van der Waals surface area contributed by atoms with Gasteiger partial charge in [0, 0.05) is 6.54 Å². The third-order valence-corrected chi connectivity index (χ3v) is 3.21. The zero-order valence-electron chi connectivity index (χ0n) is 10.4. The summed E-state index contributed by atoms with van der Waals surface area (Å²) in [7, 11) is 0. The number of rotatable bonds is 3. The highest BCUT2D eigenvalue weighted by molar-refractivity contribution is 6.33. The van der Waals surface area contributed by atoms with E-state index in [1.807, 2.05) is 0 Å². The van der Waals surface area contributed by atoms with Gasteiger partial charge in [0.2, 0.25) is 0 Å². The molecule has 0 saturated heterocycles. The number of aryl methyl sites for hydroxylation is 2. The number of anilines is 1. The van der Waals surface area contributed by atoms with Gasteiger partial charge in [0.15, 0.2) is 0 Å². The van der Waals surface area contributed by atoms with Gasteiger partial charge in [0.1, 0.15) is 5.82 Å². The Morgan fingerprint density at radius 2 is 1.89 bits per heavy atom. The molecule has 3 heteroatoms. The van der Waals surface area contributed by atoms with E-state index in [1.54, 1.807) is 6.07 Å². The van der Waals surface area contributed by atoms with Crippen molar-refractivity contribution in [3.8, 4) is 0 Å². The number of hydrogen-bond donors (Lipinski definition) is 1. The van der Waals surface area contributed by atoms with Crippen molar-refractivity contribution in [2.75, 3.05) is 5.32 Å². The molecule has 0 saturated carbocycles. The molecule has 2 aromatic carbocycles. The zero-order chi connectivity index (χ0) is 13.1. The Labute approximate surface area is 112 Å². The molecule has 18 heavy (non-hydrogen) atoms. The Morgan fingerprint density at radius 3 is 2.56 bits per heavy atom. The van der Waals surface area contributed by atoms with E-state index in [4.69, 9.17) is 11.6 Å². The predicted molar refractivity (Wildman–Crippen MR) is 74.7 cm³/mol. The van der Waals surface area contributed by atoms with Crippen molar-refractivity contribution in [1.29, 1.82) is 0 Å². The fourth-order valence-electron chi connectivity index (χ4n) is 1.87. The molecule has 94 valence electrons. The minimum atomic E-state index is -0.322.